The summed E-state index contributed by atoms with van der Waals surface area (Å²) >= 11 is 6.18. The number of para-hydroxylation sites is 1. The minimum atomic E-state index is -0.818. The molecule has 1 N–H and O–H groups in total. The number of hydrazine groups is 1. The van der Waals surface area contributed by atoms with E-state index in [1.54, 1.807) is 24.3 Å². The van der Waals surface area contributed by atoms with E-state index in [4.69, 9.17) is 21.7 Å². The van der Waals surface area contributed by atoms with Crippen LogP contribution in [0.15, 0.2) is 47.4 Å². The smallest absolute Gasteiger partial charge is 0.285 e. The van der Waals surface area contributed by atoms with Crippen molar-refractivity contribution in [3.05, 3.63) is 68.6 Å². The van der Waals surface area contributed by atoms with Crippen molar-refractivity contribution in [3.63, 3.8) is 0 Å². The minimum Gasteiger partial charge on any atom is -0.497 e. The van der Waals surface area contributed by atoms with Crippen LogP contribution < -0.4 is 14.9 Å². The first kappa shape index (κ1) is 21.3. The van der Waals surface area contributed by atoms with E-state index in [0.717, 1.165) is 16.8 Å². The fourth-order valence-electron chi connectivity index (χ4n) is 2.63. The molecule has 0 radical (unpaired) electrons. The molecule has 0 saturated carbocycles. The lowest BCUT2D eigenvalue weighted by molar-refractivity contribution is -0.385. The number of benzene rings is 2. The average Bonchev–Trinajstić information content (AvgIpc) is 3.01. The van der Waals surface area contributed by atoms with Crippen molar-refractivity contribution >= 4 is 51.9 Å². The summed E-state index contributed by atoms with van der Waals surface area (Å²) in [5, 5.41) is 12.0. The number of hydrogen-bond acceptors (Lipinski definition) is 8. The van der Waals surface area contributed by atoms with Crippen LogP contribution in [0.4, 0.5) is 5.69 Å². The van der Waals surface area contributed by atoms with Gasteiger partial charge < -0.3 is 9.47 Å². The number of amides is 2. The van der Waals surface area contributed by atoms with Crippen molar-refractivity contribution in [2.24, 2.45) is 0 Å². The summed E-state index contributed by atoms with van der Waals surface area (Å²) in [7, 11) is 3.02. The molecule has 1 fully saturated rings. The molecule has 2 aromatic carbocycles. The van der Waals surface area contributed by atoms with Crippen LogP contribution in [0.3, 0.4) is 0 Å². The molecule has 3 rings (SSSR count). The molecule has 1 heterocycles. The molecule has 2 amide bonds. The topological polar surface area (TPSA) is 111 Å². The average molecular weight is 445 g/mol. The molecule has 9 nitrogen and oxygen atoms in total. The first-order chi connectivity index (χ1) is 14.3. The Morgan fingerprint density at radius 3 is 2.63 bits per heavy atom. The van der Waals surface area contributed by atoms with Crippen LogP contribution in [0, 0.1) is 10.1 Å². The quantitative estimate of drug-likeness (QED) is 0.312. The lowest BCUT2D eigenvalue weighted by Crippen LogP contribution is -2.45. The molecule has 2 aromatic rings. The van der Waals surface area contributed by atoms with E-state index in [-0.39, 0.29) is 20.5 Å². The zero-order valence-electron chi connectivity index (χ0n) is 15.8. The number of methoxy groups -OCH3 is 2. The summed E-state index contributed by atoms with van der Waals surface area (Å²) in [6, 6.07) is 10.5. The third kappa shape index (κ3) is 4.26. The Morgan fingerprint density at radius 1 is 1.23 bits per heavy atom. The maximum atomic E-state index is 12.8. The van der Waals surface area contributed by atoms with Crippen LogP contribution in [-0.4, -0.2) is 40.3 Å². The SMILES string of the molecule is COc1ccc(/C=C2\SC(=S)N(NC(=O)c3ccccc3[N+](=O)[O-])C2=O)c(OC)c1. The number of ether oxygens (including phenoxy) is 2. The highest BCUT2D eigenvalue weighted by Gasteiger charge is 2.35. The van der Waals surface area contributed by atoms with E-state index in [0.29, 0.717) is 17.1 Å². The summed E-state index contributed by atoms with van der Waals surface area (Å²) in [5.74, 6) is -0.298. The van der Waals surface area contributed by atoms with Gasteiger partial charge in [0.1, 0.15) is 17.1 Å². The van der Waals surface area contributed by atoms with Gasteiger partial charge in [-0.05, 0) is 36.5 Å². The third-order valence-electron chi connectivity index (χ3n) is 4.08. The highest BCUT2D eigenvalue weighted by Crippen LogP contribution is 2.34. The summed E-state index contributed by atoms with van der Waals surface area (Å²) in [5.41, 5.74) is 2.39. The Bertz CT molecular complexity index is 1090. The molecule has 1 aliphatic rings. The number of thioether (sulfide) groups is 1. The molecule has 0 bridgehead atoms. The van der Waals surface area contributed by atoms with Crippen LogP contribution in [0.25, 0.3) is 6.08 Å². The van der Waals surface area contributed by atoms with Gasteiger partial charge >= 0.3 is 0 Å². The number of nitro groups is 1. The third-order valence-corrected chi connectivity index (χ3v) is 5.38. The van der Waals surface area contributed by atoms with Crippen LogP contribution in [-0.2, 0) is 4.79 Å². The highest BCUT2D eigenvalue weighted by molar-refractivity contribution is 8.26. The van der Waals surface area contributed by atoms with Crippen molar-refractivity contribution in [1.82, 2.24) is 10.4 Å². The zero-order chi connectivity index (χ0) is 21.8. The maximum absolute atomic E-state index is 12.8. The summed E-state index contributed by atoms with van der Waals surface area (Å²) in [6.07, 6.45) is 1.58. The Morgan fingerprint density at radius 2 is 1.97 bits per heavy atom. The Hall–Kier alpha value is -3.44. The van der Waals surface area contributed by atoms with Gasteiger partial charge in [-0.1, -0.05) is 23.9 Å². The second-order valence-corrected chi connectivity index (χ2v) is 7.52. The Labute approximate surface area is 180 Å². The van der Waals surface area contributed by atoms with Gasteiger partial charge in [-0.15, -0.1) is 0 Å². The van der Waals surface area contributed by atoms with E-state index in [2.05, 4.69) is 5.43 Å². The van der Waals surface area contributed by atoms with Crippen LogP contribution in [0.2, 0.25) is 0 Å². The van der Waals surface area contributed by atoms with Crippen molar-refractivity contribution in [1.29, 1.82) is 0 Å². The summed E-state index contributed by atoms with van der Waals surface area (Å²) in [6.45, 7) is 0. The van der Waals surface area contributed by atoms with Crippen molar-refractivity contribution in [2.75, 3.05) is 14.2 Å². The van der Waals surface area contributed by atoms with Crippen molar-refractivity contribution < 1.29 is 24.0 Å². The second-order valence-electron chi connectivity index (χ2n) is 5.84. The Balaban J connectivity index is 1.85. The lowest BCUT2D eigenvalue weighted by Gasteiger charge is -2.15. The highest BCUT2D eigenvalue weighted by atomic mass is 32.2. The van der Waals surface area contributed by atoms with E-state index in [9.17, 15) is 19.7 Å². The van der Waals surface area contributed by atoms with Gasteiger partial charge in [0.15, 0.2) is 4.32 Å². The molecule has 154 valence electrons. The van der Waals surface area contributed by atoms with Gasteiger partial charge in [0.05, 0.1) is 24.0 Å². The monoisotopic (exact) mass is 445 g/mol. The first-order valence-corrected chi connectivity index (χ1v) is 9.62. The number of rotatable bonds is 6. The minimum absolute atomic E-state index is 0.0886. The predicted octanol–water partition coefficient (Wildman–Crippen LogP) is 3.16. The van der Waals surface area contributed by atoms with Gasteiger partial charge in [0.2, 0.25) is 0 Å². The van der Waals surface area contributed by atoms with Crippen LogP contribution in [0.1, 0.15) is 15.9 Å². The predicted molar refractivity (Wildman–Crippen MR) is 115 cm³/mol. The molecule has 0 spiro atoms. The summed E-state index contributed by atoms with van der Waals surface area (Å²) in [4.78, 5) is 36.0. The zero-order valence-corrected chi connectivity index (χ0v) is 17.4. The van der Waals surface area contributed by atoms with Gasteiger partial charge in [0, 0.05) is 17.7 Å². The number of nitrogens with one attached hydrogen (secondary N) is 1. The number of nitrogens with zero attached hydrogens (tertiary/aromatic N) is 2. The van der Waals surface area contributed by atoms with Gasteiger partial charge in [-0.3, -0.25) is 25.1 Å². The number of carbonyl (C=O) groups excluding carboxylic acids is 2. The first-order valence-electron chi connectivity index (χ1n) is 8.40. The molecular formula is C19H15N3O6S2. The van der Waals surface area contributed by atoms with Crippen LogP contribution in [0.5, 0.6) is 11.5 Å². The fraction of sp³-hybridized carbons (Fsp3) is 0.105. The number of thiocarbonyl (C=S) groups is 1. The lowest BCUT2D eigenvalue weighted by atomic mass is 10.1. The van der Waals surface area contributed by atoms with E-state index >= 15 is 0 Å². The molecule has 0 aromatic heterocycles. The molecule has 1 aliphatic heterocycles. The number of carbonyl (C=O) groups is 2. The van der Waals surface area contributed by atoms with Gasteiger partial charge in [-0.2, -0.15) is 5.01 Å². The molecule has 11 heteroatoms. The fourth-order valence-corrected chi connectivity index (χ4v) is 3.80. The molecular weight excluding hydrogens is 430 g/mol. The summed E-state index contributed by atoms with van der Waals surface area (Å²) < 4.78 is 10.6. The van der Waals surface area contributed by atoms with Crippen LogP contribution >= 0.6 is 24.0 Å². The second kappa shape index (κ2) is 8.93. The van der Waals surface area contributed by atoms with Gasteiger partial charge in [-0.25, -0.2) is 0 Å². The largest absolute Gasteiger partial charge is 0.497 e. The number of hydrogen-bond donors (Lipinski definition) is 1. The standard InChI is InChI=1S/C19H15N3O6S2/c1-27-12-8-7-11(15(10-12)28-2)9-16-18(24)21(19(29)30-16)20-17(23)13-5-3-4-6-14(13)22(25)26/h3-10H,1-2H3,(H,20,23)/b16-9-. The molecule has 0 aliphatic carbocycles. The molecule has 1 saturated heterocycles. The normalized spacial score (nSPS) is 14.7. The van der Waals surface area contributed by atoms with E-state index < -0.39 is 16.7 Å². The molecule has 0 unspecified atom stereocenters. The van der Waals surface area contributed by atoms with E-state index in [1.165, 1.54) is 38.5 Å². The van der Waals surface area contributed by atoms with Gasteiger partial charge in [0.25, 0.3) is 17.5 Å². The number of nitro benzene ring substituents is 1. The maximum Gasteiger partial charge on any atom is 0.285 e. The molecule has 30 heavy (non-hydrogen) atoms. The van der Waals surface area contributed by atoms with E-state index in [1.807, 2.05) is 0 Å². The molecule has 0 atom stereocenters. The Kier molecular flexibility index (Phi) is 6.33. The van der Waals surface area contributed by atoms with Crippen molar-refractivity contribution in [3.8, 4) is 11.5 Å². The van der Waals surface area contributed by atoms with Crippen molar-refractivity contribution in [2.45, 2.75) is 0 Å².